The maximum absolute atomic E-state index is 10.7. The van der Waals surface area contributed by atoms with Crippen LogP contribution in [0.2, 0.25) is 0 Å². The zero-order chi connectivity index (χ0) is 14.7. The molecule has 1 N–H and O–H groups in total. The van der Waals surface area contributed by atoms with E-state index >= 15 is 0 Å². The Hall–Kier alpha value is -0.940. The fraction of sp³-hybridized carbons (Fsp3) is 0.647. The number of rotatable bonds is 3. The lowest BCUT2D eigenvalue weighted by molar-refractivity contribution is -0.0869. The number of ether oxygens (including phenoxy) is 1. The van der Waals surface area contributed by atoms with E-state index in [1.54, 1.807) is 0 Å². The summed E-state index contributed by atoms with van der Waals surface area (Å²) in [5.74, 6) is 0. The van der Waals surface area contributed by atoms with Crippen LogP contribution in [0.25, 0.3) is 0 Å². The third-order valence-electron chi connectivity index (χ3n) is 4.86. The van der Waals surface area contributed by atoms with Crippen LogP contribution in [0.1, 0.15) is 24.4 Å². The molecule has 4 heteroatoms. The Bertz CT molecular complexity index is 445. The van der Waals surface area contributed by atoms with Gasteiger partial charge in [-0.3, -0.25) is 9.80 Å². The fourth-order valence-corrected chi connectivity index (χ4v) is 3.43. The van der Waals surface area contributed by atoms with Crippen molar-refractivity contribution in [1.29, 1.82) is 0 Å². The highest BCUT2D eigenvalue weighted by Gasteiger charge is 2.34. The largest absolute Gasteiger partial charge is 0.388 e. The van der Waals surface area contributed by atoms with Gasteiger partial charge in [-0.25, -0.2) is 0 Å². The van der Waals surface area contributed by atoms with Crippen LogP contribution in [0.5, 0.6) is 0 Å². The van der Waals surface area contributed by atoms with E-state index in [2.05, 4.69) is 47.2 Å². The van der Waals surface area contributed by atoms with Gasteiger partial charge >= 0.3 is 0 Å². The molecule has 0 saturated carbocycles. The van der Waals surface area contributed by atoms with Crippen LogP contribution in [0.3, 0.4) is 0 Å². The number of piperazine rings is 1. The molecule has 2 aliphatic heterocycles. The Kier molecular flexibility index (Phi) is 4.60. The summed E-state index contributed by atoms with van der Waals surface area (Å²) in [6.07, 6.45) is 1.52. The molecule has 0 bridgehead atoms. The van der Waals surface area contributed by atoms with E-state index in [1.807, 2.05) is 0 Å². The normalized spacial score (nSPS) is 27.6. The quantitative estimate of drug-likeness (QED) is 0.915. The van der Waals surface area contributed by atoms with Crippen LogP contribution in [0.15, 0.2) is 30.3 Å². The minimum Gasteiger partial charge on any atom is -0.388 e. The molecule has 21 heavy (non-hydrogen) atoms. The molecule has 2 fully saturated rings. The molecular formula is C17H26N2O2. The lowest BCUT2D eigenvalue weighted by Crippen LogP contribution is -2.53. The molecule has 0 aliphatic carbocycles. The number of hydrogen-bond acceptors (Lipinski definition) is 4. The molecule has 0 radical (unpaired) electrons. The van der Waals surface area contributed by atoms with Gasteiger partial charge in [0.1, 0.15) is 0 Å². The van der Waals surface area contributed by atoms with Gasteiger partial charge in [-0.1, -0.05) is 30.3 Å². The van der Waals surface area contributed by atoms with Crippen molar-refractivity contribution in [3.63, 3.8) is 0 Å². The van der Waals surface area contributed by atoms with Crippen LogP contribution in [0.4, 0.5) is 0 Å². The Morgan fingerprint density at radius 1 is 1.19 bits per heavy atom. The number of hydrogen-bond donors (Lipinski definition) is 1. The van der Waals surface area contributed by atoms with Gasteiger partial charge in [0.15, 0.2) is 0 Å². The average molecular weight is 290 g/mol. The lowest BCUT2D eigenvalue weighted by Gasteiger charge is -2.43. The first-order valence-electron chi connectivity index (χ1n) is 7.94. The molecule has 3 rings (SSSR count). The fourth-order valence-electron chi connectivity index (χ4n) is 3.43. The summed E-state index contributed by atoms with van der Waals surface area (Å²) in [7, 11) is 2.19. The molecular weight excluding hydrogens is 264 g/mol. The predicted octanol–water partition coefficient (Wildman–Crippen LogP) is 1.52. The van der Waals surface area contributed by atoms with Crippen LogP contribution < -0.4 is 0 Å². The number of β-amino-alcohol motifs (C(OH)–C–C–N with tert-alkyl or cyclic N) is 1. The summed E-state index contributed by atoms with van der Waals surface area (Å²) in [4.78, 5) is 4.84. The number of nitrogens with zero attached hydrogens (tertiary/aromatic N) is 2. The van der Waals surface area contributed by atoms with E-state index in [9.17, 15) is 5.11 Å². The van der Waals surface area contributed by atoms with E-state index in [4.69, 9.17) is 4.74 Å². The average Bonchev–Trinajstić information content (AvgIpc) is 2.50. The minimum absolute atomic E-state index is 0.420. The van der Waals surface area contributed by atoms with Crippen molar-refractivity contribution in [2.75, 3.05) is 46.4 Å². The predicted molar refractivity (Wildman–Crippen MR) is 83.3 cm³/mol. The van der Waals surface area contributed by atoms with Gasteiger partial charge < -0.3 is 9.84 Å². The molecule has 0 spiro atoms. The monoisotopic (exact) mass is 290 g/mol. The minimum atomic E-state index is -0.560. The van der Waals surface area contributed by atoms with Gasteiger partial charge in [0.25, 0.3) is 0 Å². The standard InChI is InChI=1S/C17H26N2O2/c1-18-9-10-19(14-17(20)7-11-21-12-8-17)13-16(18)15-5-3-2-4-6-15/h2-6,16,20H,7-14H2,1H3. The van der Waals surface area contributed by atoms with Crippen LogP contribution in [-0.4, -0.2) is 66.9 Å². The number of benzene rings is 1. The van der Waals surface area contributed by atoms with Crippen LogP contribution in [-0.2, 0) is 4.74 Å². The number of aliphatic hydroxyl groups is 1. The Morgan fingerprint density at radius 2 is 1.90 bits per heavy atom. The highest BCUT2D eigenvalue weighted by atomic mass is 16.5. The van der Waals surface area contributed by atoms with Crippen molar-refractivity contribution in [3.8, 4) is 0 Å². The third kappa shape index (κ3) is 3.64. The molecule has 2 aliphatic rings. The van der Waals surface area contributed by atoms with Gasteiger partial charge in [-0.2, -0.15) is 0 Å². The van der Waals surface area contributed by atoms with Crippen molar-refractivity contribution < 1.29 is 9.84 Å². The van der Waals surface area contributed by atoms with Gasteiger partial charge in [0.2, 0.25) is 0 Å². The topological polar surface area (TPSA) is 35.9 Å². The smallest absolute Gasteiger partial charge is 0.0817 e. The zero-order valence-electron chi connectivity index (χ0n) is 12.9. The summed E-state index contributed by atoms with van der Waals surface area (Å²) < 4.78 is 5.37. The Labute approximate surface area is 127 Å². The highest BCUT2D eigenvalue weighted by molar-refractivity contribution is 5.20. The van der Waals surface area contributed by atoms with Gasteiger partial charge in [-0.15, -0.1) is 0 Å². The molecule has 4 nitrogen and oxygen atoms in total. The molecule has 0 amide bonds. The van der Waals surface area contributed by atoms with Crippen LogP contribution in [0, 0.1) is 0 Å². The molecule has 1 unspecified atom stereocenters. The van der Waals surface area contributed by atoms with Crippen molar-refractivity contribution in [3.05, 3.63) is 35.9 Å². The van der Waals surface area contributed by atoms with E-state index in [-0.39, 0.29) is 0 Å². The Morgan fingerprint density at radius 3 is 2.62 bits per heavy atom. The maximum Gasteiger partial charge on any atom is 0.0817 e. The first kappa shape index (κ1) is 15.0. The molecule has 0 aromatic heterocycles. The second-order valence-corrected chi connectivity index (χ2v) is 6.48. The van der Waals surface area contributed by atoms with E-state index in [0.29, 0.717) is 19.3 Å². The van der Waals surface area contributed by atoms with Crippen LogP contribution >= 0.6 is 0 Å². The molecule has 1 atom stereocenters. The van der Waals surface area contributed by atoms with E-state index in [0.717, 1.165) is 39.0 Å². The maximum atomic E-state index is 10.7. The Balaban J connectivity index is 1.65. The lowest BCUT2D eigenvalue weighted by atomic mass is 9.92. The van der Waals surface area contributed by atoms with Gasteiger partial charge in [0.05, 0.1) is 5.60 Å². The first-order valence-corrected chi connectivity index (χ1v) is 7.94. The van der Waals surface area contributed by atoms with E-state index < -0.39 is 5.60 Å². The molecule has 1 aromatic carbocycles. The molecule has 1 aromatic rings. The SMILES string of the molecule is CN1CCN(CC2(O)CCOCC2)CC1c1ccccc1. The van der Waals surface area contributed by atoms with Crippen molar-refractivity contribution in [2.24, 2.45) is 0 Å². The number of likely N-dealkylation sites (N-methyl/N-ethyl adjacent to an activating group) is 1. The molecule has 2 heterocycles. The zero-order valence-corrected chi connectivity index (χ0v) is 12.9. The first-order chi connectivity index (χ1) is 10.2. The summed E-state index contributed by atoms with van der Waals surface area (Å²) in [5, 5.41) is 10.7. The summed E-state index contributed by atoms with van der Waals surface area (Å²) >= 11 is 0. The third-order valence-corrected chi connectivity index (χ3v) is 4.86. The second-order valence-electron chi connectivity index (χ2n) is 6.48. The molecule has 116 valence electrons. The summed E-state index contributed by atoms with van der Waals surface area (Å²) in [6.45, 7) is 5.21. The van der Waals surface area contributed by atoms with Crippen molar-refractivity contribution >= 4 is 0 Å². The van der Waals surface area contributed by atoms with Gasteiger partial charge in [0, 0.05) is 58.3 Å². The summed E-state index contributed by atoms with van der Waals surface area (Å²) in [5.41, 5.74) is 0.804. The summed E-state index contributed by atoms with van der Waals surface area (Å²) in [6, 6.07) is 11.1. The van der Waals surface area contributed by atoms with Crippen molar-refractivity contribution in [2.45, 2.75) is 24.5 Å². The van der Waals surface area contributed by atoms with Crippen molar-refractivity contribution in [1.82, 2.24) is 9.80 Å². The second kappa shape index (κ2) is 6.44. The van der Waals surface area contributed by atoms with E-state index in [1.165, 1.54) is 5.56 Å². The van der Waals surface area contributed by atoms with Gasteiger partial charge in [-0.05, 0) is 12.6 Å². The molecule has 2 saturated heterocycles. The highest BCUT2D eigenvalue weighted by Crippen LogP contribution is 2.27.